The first-order valence-electron chi connectivity index (χ1n) is 8.41. The summed E-state index contributed by atoms with van der Waals surface area (Å²) in [5.41, 5.74) is 0.0636. The first kappa shape index (κ1) is 23.0. The van der Waals surface area contributed by atoms with Gasteiger partial charge in [0.2, 0.25) is 0 Å². The molecule has 31 heavy (non-hydrogen) atoms. The van der Waals surface area contributed by atoms with Crippen LogP contribution in [0.1, 0.15) is 10.4 Å². The summed E-state index contributed by atoms with van der Waals surface area (Å²) >= 11 is 15.8. The number of sulfonamides is 1. The van der Waals surface area contributed by atoms with E-state index in [1.165, 1.54) is 6.07 Å². The molecule has 0 radical (unpaired) electrons. The van der Waals surface area contributed by atoms with Gasteiger partial charge in [0.1, 0.15) is 0 Å². The van der Waals surface area contributed by atoms with E-state index >= 15 is 0 Å². The molecule has 0 bridgehead atoms. The van der Waals surface area contributed by atoms with Crippen molar-refractivity contribution < 1.29 is 18.1 Å². The zero-order valence-corrected chi connectivity index (χ0v) is 19.2. The van der Waals surface area contributed by atoms with Crippen LogP contribution in [0.4, 0.5) is 17.1 Å². The molecule has 0 aliphatic heterocycles. The summed E-state index contributed by atoms with van der Waals surface area (Å²) in [7, 11) is -4.19. The van der Waals surface area contributed by atoms with Crippen molar-refractivity contribution in [1.29, 1.82) is 0 Å². The van der Waals surface area contributed by atoms with E-state index in [0.717, 1.165) is 24.3 Å². The number of nitro groups is 1. The average Bonchev–Trinajstić information content (AvgIpc) is 2.75. The number of nitrogens with one attached hydrogen (secondary N) is 2. The molecule has 0 fully saturated rings. The Morgan fingerprint density at radius 3 is 2.19 bits per heavy atom. The van der Waals surface area contributed by atoms with Gasteiger partial charge in [-0.1, -0.05) is 41.4 Å². The Balaban J connectivity index is 1.95. The topological polar surface area (TPSA) is 118 Å². The SMILES string of the molecule is O=C(Nc1cc(Br)c(Cl)c(NS(=O)(=O)c2ccc([N+](=O)[O-])cc2)c1Cl)c1ccccc1. The lowest BCUT2D eigenvalue weighted by Crippen LogP contribution is -2.16. The van der Waals surface area contributed by atoms with Gasteiger partial charge in [0.25, 0.3) is 21.6 Å². The molecule has 3 rings (SSSR count). The number of hydrogen-bond donors (Lipinski definition) is 2. The van der Waals surface area contributed by atoms with Crippen LogP contribution in [0.2, 0.25) is 10.0 Å². The molecule has 8 nitrogen and oxygen atoms in total. The smallest absolute Gasteiger partial charge is 0.269 e. The van der Waals surface area contributed by atoms with E-state index in [4.69, 9.17) is 23.2 Å². The summed E-state index contributed by atoms with van der Waals surface area (Å²) in [6, 6.07) is 14.1. The second-order valence-corrected chi connectivity index (χ2v) is 9.38. The number of rotatable bonds is 6. The van der Waals surface area contributed by atoms with E-state index in [-0.39, 0.29) is 36.5 Å². The normalized spacial score (nSPS) is 11.1. The number of amides is 1. The number of carbonyl (C=O) groups is 1. The van der Waals surface area contributed by atoms with Crippen molar-refractivity contribution in [3.8, 4) is 0 Å². The van der Waals surface area contributed by atoms with Crippen LogP contribution in [-0.4, -0.2) is 19.2 Å². The van der Waals surface area contributed by atoms with Gasteiger partial charge in [0.05, 0.1) is 31.2 Å². The Morgan fingerprint density at radius 2 is 1.61 bits per heavy atom. The van der Waals surface area contributed by atoms with Crippen molar-refractivity contribution >= 4 is 72.1 Å². The molecule has 0 spiro atoms. The standard InChI is InChI=1S/C19H12BrCl2N3O5S/c20-14-10-15(23-19(26)11-4-2-1-3-5-11)17(22)18(16(14)21)24-31(29,30)13-8-6-12(7-9-13)25(27)28/h1-10,24H,(H,23,26). The summed E-state index contributed by atoms with van der Waals surface area (Å²) < 4.78 is 28.1. The van der Waals surface area contributed by atoms with Crippen molar-refractivity contribution in [2.75, 3.05) is 10.0 Å². The van der Waals surface area contributed by atoms with Crippen molar-refractivity contribution in [3.63, 3.8) is 0 Å². The van der Waals surface area contributed by atoms with E-state index in [1.54, 1.807) is 30.3 Å². The largest absolute Gasteiger partial charge is 0.321 e. The van der Waals surface area contributed by atoms with E-state index in [1.807, 2.05) is 0 Å². The van der Waals surface area contributed by atoms with Gasteiger partial charge in [0, 0.05) is 22.2 Å². The highest BCUT2D eigenvalue weighted by atomic mass is 79.9. The predicted octanol–water partition coefficient (Wildman–Crippen LogP) is 5.72. The molecule has 0 unspecified atom stereocenters. The molecule has 2 N–H and O–H groups in total. The summed E-state index contributed by atoms with van der Waals surface area (Å²) in [5, 5.41) is 13.2. The fraction of sp³-hybridized carbons (Fsp3) is 0. The van der Waals surface area contributed by atoms with Gasteiger partial charge in [-0.3, -0.25) is 19.6 Å². The van der Waals surface area contributed by atoms with Crippen molar-refractivity contribution in [2.45, 2.75) is 4.90 Å². The Hall–Kier alpha value is -2.66. The first-order valence-corrected chi connectivity index (χ1v) is 11.4. The number of carbonyl (C=O) groups excluding carboxylic acids is 1. The average molecular weight is 545 g/mol. The molecule has 0 aromatic heterocycles. The molecule has 0 aliphatic rings. The maximum atomic E-state index is 12.8. The van der Waals surface area contributed by atoms with Gasteiger partial charge >= 0.3 is 0 Å². The third-order valence-electron chi connectivity index (χ3n) is 4.03. The molecular formula is C19H12BrCl2N3O5S. The highest BCUT2D eigenvalue weighted by Gasteiger charge is 2.23. The molecule has 0 saturated heterocycles. The van der Waals surface area contributed by atoms with Crippen LogP contribution < -0.4 is 10.0 Å². The number of nitro benzene ring substituents is 1. The molecule has 3 aromatic rings. The molecule has 3 aromatic carbocycles. The van der Waals surface area contributed by atoms with Gasteiger partial charge in [0.15, 0.2) is 0 Å². The Labute approximate surface area is 195 Å². The highest BCUT2D eigenvalue weighted by Crippen LogP contribution is 2.42. The van der Waals surface area contributed by atoms with Gasteiger partial charge in [-0.25, -0.2) is 8.42 Å². The third-order valence-corrected chi connectivity index (χ3v) is 7.04. The predicted molar refractivity (Wildman–Crippen MR) is 122 cm³/mol. The molecule has 160 valence electrons. The Bertz CT molecular complexity index is 1270. The highest BCUT2D eigenvalue weighted by molar-refractivity contribution is 9.10. The van der Waals surface area contributed by atoms with Crippen LogP contribution in [0.3, 0.4) is 0 Å². The van der Waals surface area contributed by atoms with Crippen LogP contribution in [0.5, 0.6) is 0 Å². The fourth-order valence-corrected chi connectivity index (χ4v) is 4.62. The van der Waals surface area contributed by atoms with Crippen LogP contribution >= 0.6 is 39.1 Å². The number of halogens is 3. The molecule has 1 amide bonds. The molecular weight excluding hydrogens is 533 g/mol. The zero-order chi connectivity index (χ0) is 22.8. The summed E-state index contributed by atoms with van der Waals surface area (Å²) in [4.78, 5) is 22.3. The lowest BCUT2D eigenvalue weighted by Gasteiger charge is -2.16. The van der Waals surface area contributed by atoms with Crippen molar-refractivity contribution in [3.05, 3.63) is 90.9 Å². The lowest BCUT2D eigenvalue weighted by atomic mass is 10.2. The van der Waals surface area contributed by atoms with Crippen LogP contribution in [0.25, 0.3) is 0 Å². The second-order valence-electron chi connectivity index (χ2n) is 6.09. The summed E-state index contributed by atoms with van der Waals surface area (Å²) in [5.74, 6) is -0.458. The molecule has 12 heteroatoms. The van der Waals surface area contributed by atoms with Gasteiger partial charge in [-0.2, -0.15) is 0 Å². The minimum absolute atomic E-state index is 0.0341. The number of nitrogens with zero attached hydrogens (tertiary/aromatic N) is 1. The van der Waals surface area contributed by atoms with Gasteiger partial charge in [-0.15, -0.1) is 0 Å². The van der Waals surface area contributed by atoms with Crippen molar-refractivity contribution in [2.24, 2.45) is 0 Å². The maximum Gasteiger partial charge on any atom is 0.269 e. The fourth-order valence-electron chi connectivity index (χ4n) is 2.51. The Kier molecular flexibility index (Phi) is 6.85. The van der Waals surface area contributed by atoms with Crippen LogP contribution in [0, 0.1) is 10.1 Å². The Morgan fingerprint density at radius 1 is 1.00 bits per heavy atom. The van der Waals surface area contributed by atoms with Gasteiger partial charge < -0.3 is 5.32 Å². The molecule has 0 atom stereocenters. The molecule has 0 heterocycles. The minimum Gasteiger partial charge on any atom is -0.321 e. The third kappa shape index (κ3) is 5.16. The minimum atomic E-state index is -4.19. The van der Waals surface area contributed by atoms with E-state index in [0.29, 0.717) is 5.56 Å². The molecule has 0 saturated carbocycles. The summed E-state index contributed by atoms with van der Waals surface area (Å²) in [6.07, 6.45) is 0. The zero-order valence-electron chi connectivity index (χ0n) is 15.3. The number of non-ortho nitro benzene ring substituents is 1. The maximum absolute atomic E-state index is 12.8. The number of anilines is 2. The molecule has 0 aliphatic carbocycles. The van der Waals surface area contributed by atoms with Crippen LogP contribution in [0.15, 0.2) is 70.0 Å². The quantitative estimate of drug-likeness (QED) is 0.234. The summed E-state index contributed by atoms with van der Waals surface area (Å²) in [6.45, 7) is 0. The number of benzene rings is 3. The van der Waals surface area contributed by atoms with E-state index in [2.05, 4.69) is 26.0 Å². The van der Waals surface area contributed by atoms with E-state index in [9.17, 15) is 23.3 Å². The van der Waals surface area contributed by atoms with Gasteiger partial charge in [-0.05, 0) is 46.3 Å². The van der Waals surface area contributed by atoms with E-state index < -0.39 is 20.9 Å². The van der Waals surface area contributed by atoms with Crippen LogP contribution in [-0.2, 0) is 10.0 Å². The second kappa shape index (κ2) is 9.23. The first-order chi connectivity index (χ1) is 14.6. The monoisotopic (exact) mass is 543 g/mol. The lowest BCUT2D eigenvalue weighted by molar-refractivity contribution is -0.384. The van der Waals surface area contributed by atoms with Crippen molar-refractivity contribution in [1.82, 2.24) is 0 Å². The number of hydrogen-bond acceptors (Lipinski definition) is 5.